The molecule has 8 heteroatoms. The molecule has 0 aromatic carbocycles. The lowest BCUT2D eigenvalue weighted by molar-refractivity contribution is 0.0409. The van der Waals surface area contributed by atoms with Gasteiger partial charge in [0.05, 0.1) is 23.3 Å². The summed E-state index contributed by atoms with van der Waals surface area (Å²) in [5.74, 6) is 0.765. The van der Waals surface area contributed by atoms with Crippen LogP contribution >= 0.6 is 23.2 Å². The Labute approximate surface area is 152 Å². The molecule has 1 aromatic rings. The number of hydrogen-bond donors (Lipinski definition) is 0. The van der Waals surface area contributed by atoms with Gasteiger partial charge in [-0.05, 0) is 18.9 Å². The fraction of sp³-hybridized carbons (Fsp3) is 0.625. The molecule has 0 bridgehead atoms. The van der Waals surface area contributed by atoms with E-state index in [1.165, 1.54) is 0 Å². The maximum absolute atomic E-state index is 12.6. The SMILES string of the molecule is CN(C(=O)N1CCOCC1)C1CCN(c2ncc(Cl)cc2Cl)CC1. The minimum atomic E-state index is 0.0967. The van der Waals surface area contributed by atoms with Gasteiger partial charge in [-0.25, -0.2) is 9.78 Å². The fourth-order valence-electron chi connectivity index (χ4n) is 3.24. The Hall–Kier alpha value is -1.24. The summed E-state index contributed by atoms with van der Waals surface area (Å²) in [6.07, 6.45) is 3.41. The monoisotopic (exact) mass is 372 g/mol. The van der Waals surface area contributed by atoms with Crippen molar-refractivity contribution in [2.45, 2.75) is 18.9 Å². The van der Waals surface area contributed by atoms with Gasteiger partial charge in [0, 0.05) is 45.5 Å². The third kappa shape index (κ3) is 3.87. The number of hydrogen-bond acceptors (Lipinski definition) is 4. The molecule has 0 radical (unpaired) electrons. The summed E-state index contributed by atoms with van der Waals surface area (Å²) in [6, 6.07) is 2.05. The molecule has 0 N–H and O–H groups in total. The summed E-state index contributed by atoms with van der Waals surface area (Å²) in [6.45, 7) is 4.23. The van der Waals surface area contributed by atoms with E-state index in [1.807, 2.05) is 16.8 Å². The molecule has 2 amide bonds. The number of halogens is 2. The maximum atomic E-state index is 12.6. The summed E-state index contributed by atoms with van der Waals surface area (Å²) >= 11 is 12.1. The van der Waals surface area contributed by atoms with Crippen molar-refractivity contribution in [2.24, 2.45) is 0 Å². The number of rotatable bonds is 2. The number of morpholine rings is 1. The Balaban J connectivity index is 1.57. The number of aromatic nitrogens is 1. The predicted molar refractivity (Wildman–Crippen MR) is 95.0 cm³/mol. The molecular formula is C16H22Cl2N4O2. The zero-order valence-corrected chi connectivity index (χ0v) is 15.3. The highest BCUT2D eigenvalue weighted by Crippen LogP contribution is 2.29. The molecule has 2 aliphatic rings. The summed E-state index contributed by atoms with van der Waals surface area (Å²) in [7, 11) is 1.89. The molecule has 3 rings (SSSR count). The van der Waals surface area contributed by atoms with Gasteiger partial charge >= 0.3 is 6.03 Å². The zero-order chi connectivity index (χ0) is 17.1. The van der Waals surface area contributed by atoms with Crippen LogP contribution in [0.25, 0.3) is 0 Å². The first-order valence-corrected chi connectivity index (χ1v) is 8.97. The zero-order valence-electron chi connectivity index (χ0n) is 13.8. The maximum Gasteiger partial charge on any atom is 0.320 e. The van der Waals surface area contributed by atoms with Crippen molar-refractivity contribution in [3.8, 4) is 0 Å². The van der Waals surface area contributed by atoms with Crippen molar-refractivity contribution >= 4 is 35.1 Å². The van der Waals surface area contributed by atoms with Crippen LogP contribution in [-0.2, 0) is 4.74 Å². The predicted octanol–water partition coefficient (Wildman–Crippen LogP) is 2.74. The molecule has 0 spiro atoms. The van der Waals surface area contributed by atoms with Crippen molar-refractivity contribution in [1.29, 1.82) is 0 Å². The first-order chi connectivity index (χ1) is 11.6. The lowest BCUT2D eigenvalue weighted by atomic mass is 10.0. The van der Waals surface area contributed by atoms with Crippen molar-refractivity contribution in [3.05, 3.63) is 22.3 Å². The van der Waals surface area contributed by atoms with Crippen LogP contribution in [0.5, 0.6) is 0 Å². The van der Waals surface area contributed by atoms with E-state index in [4.69, 9.17) is 27.9 Å². The summed E-state index contributed by atoms with van der Waals surface area (Å²) in [5, 5.41) is 1.10. The molecule has 132 valence electrons. The molecule has 0 atom stereocenters. The molecule has 2 saturated heterocycles. The number of urea groups is 1. The Morgan fingerprint density at radius 1 is 1.25 bits per heavy atom. The van der Waals surface area contributed by atoms with E-state index in [-0.39, 0.29) is 12.1 Å². The van der Waals surface area contributed by atoms with Gasteiger partial charge in [0.1, 0.15) is 5.82 Å². The van der Waals surface area contributed by atoms with E-state index < -0.39 is 0 Å². The smallest absolute Gasteiger partial charge is 0.320 e. The minimum Gasteiger partial charge on any atom is -0.378 e. The number of amides is 2. The molecule has 6 nitrogen and oxygen atoms in total. The number of nitrogens with zero attached hydrogens (tertiary/aromatic N) is 4. The van der Waals surface area contributed by atoms with Crippen LogP contribution in [-0.4, -0.2) is 73.3 Å². The lowest BCUT2D eigenvalue weighted by Crippen LogP contribution is -2.52. The van der Waals surface area contributed by atoms with Gasteiger partial charge in [-0.15, -0.1) is 0 Å². The molecule has 0 unspecified atom stereocenters. The second kappa shape index (κ2) is 7.76. The number of ether oxygens (including phenoxy) is 1. The highest BCUT2D eigenvalue weighted by molar-refractivity contribution is 6.36. The van der Waals surface area contributed by atoms with Crippen LogP contribution in [0.1, 0.15) is 12.8 Å². The number of pyridine rings is 1. The normalized spacial score (nSPS) is 19.5. The van der Waals surface area contributed by atoms with Crippen LogP contribution in [0.15, 0.2) is 12.3 Å². The summed E-state index contributed by atoms with van der Waals surface area (Å²) < 4.78 is 5.31. The van der Waals surface area contributed by atoms with Crippen molar-refractivity contribution in [2.75, 3.05) is 51.3 Å². The van der Waals surface area contributed by atoms with E-state index in [9.17, 15) is 4.79 Å². The number of carbonyl (C=O) groups is 1. The Kier molecular flexibility index (Phi) is 5.69. The van der Waals surface area contributed by atoms with Crippen LogP contribution in [0.3, 0.4) is 0 Å². The average molecular weight is 373 g/mol. The second-order valence-electron chi connectivity index (χ2n) is 6.17. The molecular weight excluding hydrogens is 351 g/mol. The quantitative estimate of drug-likeness (QED) is 0.800. The van der Waals surface area contributed by atoms with Crippen molar-refractivity contribution in [1.82, 2.24) is 14.8 Å². The highest BCUT2D eigenvalue weighted by atomic mass is 35.5. The number of anilines is 1. The van der Waals surface area contributed by atoms with Crippen LogP contribution in [0, 0.1) is 0 Å². The minimum absolute atomic E-state index is 0.0967. The van der Waals surface area contributed by atoms with Gasteiger partial charge in [0.15, 0.2) is 0 Å². The van der Waals surface area contributed by atoms with Gasteiger partial charge in [-0.2, -0.15) is 0 Å². The van der Waals surface area contributed by atoms with Crippen LogP contribution in [0.4, 0.5) is 10.6 Å². The topological polar surface area (TPSA) is 48.9 Å². The first-order valence-electron chi connectivity index (χ1n) is 8.21. The Morgan fingerprint density at radius 3 is 2.54 bits per heavy atom. The average Bonchev–Trinajstić information content (AvgIpc) is 2.61. The molecule has 0 aliphatic carbocycles. The molecule has 2 fully saturated rings. The summed E-state index contributed by atoms with van der Waals surface area (Å²) in [5.41, 5.74) is 0. The summed E-state index contributed by atoms with van der Waals surface area (Å²) in [4.78, 5) is 22.8. The third-order valence-corrected chi connectivity index (χ3v) is 5.17. The Morgan fingerprint density at radius 2 is 1.92 bits per heavy atom. The number of carbonyl (C=O) groups excluding carboxylic acids is 1. The van der Waals surface area contributed by atoms with Gasteiger partial charge in [0.2, 0.25) is 0 Å². The fourth-order valence-corrected chi connectivity index (χ4v) is 3.74. The lowest BCUT2D eigenvalue weighted by Gasteiger charge is -2.40. The van der Waals surface area contributed by atoms with E-state index in [0.29, 0.717) is 36.3 Å². The van der Waals surface area contributed by atoms with Crippen molar-refractivity contribution < 1.29 is 9.53 Å². The highest BCUT2D eigenvalue weighted by Gasteiger charge is 2.29. The van der Waals surface area contributed by atoms with Gasteiger partial charge < -0.3 is 19.4 Å². The van der Waals surface area contributed by atoms with Crippen molar-refractivity contribution in [3.63, 3.8) is 0 Å². The molecule has 24 heavy (non-hydrogen) atoms. The van der Waals surface area contributed by atoms with Crippen LogP contribution < -0.4 is 4.90 Å². The van der Waals surface area contributed by atoms with Crippen LogP contribution in [0.2, 0.25) is 10.0 Å². The van der Waals surface area contributed by atoms with Gasteiger partial charge in [-0.3, -0.25) is 0 Å². The van der Waals surface area contributed by atoms with E-state index >= 15 is 0 Å². The third-order valence-electron chi connectivity index (χ3n) is 4.68. The Bertz CT molecular complexity index is 587. The molecule has 2 aliphatic heterocycles. The van der Waals surface area contributed by atoms with E-state index in [2.05, 4.69) is 9.88 Å². The van der Waals surface area contributed by atoms with E-state index in [1.54, 1.807) is 12.3 Å². The molecule has 0 saturated carbocycles. The number of piperidine rings is 1. The standard InChI is InChI=1S/C16H22Cl2N4O2/c1-20(16(23)22-6-8-24-9-7-22)13-2-4-21(5-3-13)15-14(18)10-12(17)11-19-15/h10-11,13H,2-9H2,1H3. The van der Waals surface area contributed by atoms with Gasteiger partial charge in [-0.1, -0.05) is 23.2 Å². The molecule has 1 aromatic heterocycles. The van der Waals surface area contributed by atoms with E-state index in [0.717, 1.165) is 31.7 Å². The largest absolute Gasteiger partial charge is 0.378 e. The first kappa shape index (κ1) is 17.6. The molecule has 3 heterocycles. The second-order valence-corrected chi connectivity index (χ2v) is 7.01. The van der Waals surface area contributed by atoms with Gasteiger partial charge in [0.25, 0.3) is 0 Å².